The molecule has 0 amide bonds. The lowest BCUT2D eigenvalue weighted by Crippen LogP contribution is -2.29. The zero-order valence-corrected chi connectivity index (χ0v) is 17.7. The first kappa shape index (κ1) is 21.7. The third-order valence-electron chi connectivity index (χ3n) is 4.91. The summed E-state index contributed by atoms with van der Waals surface area (Å²) in [4.78, 5) is 12.5. The molecule has 0 spiro atoms. The summed E-state index contributed by atoms with van der Waals surface area (Å²) in [5, 5.41) is 0. The van der Waals surface area contributed by atoms with Crippen LogP contribution in [-0.4, -0.2) is 20.5 Å². The molecule has 3 unspecified atom stereocenters. The molecule has 0 aliphatic carbocycles. The van der Waals surface area contributed by atoms with Crippen molar-refractivity contribution in [2.24, 2.45) is 5.92 Å². The second kappa shape index (κ2) is 9.69. The van der Waals surface area contributed by atoms with Gasteiger partial charge in [0.25, 0.3) is 10.1 Å². The Morgan fingerprint density at radius 1 is 0.767 bits per heavy atom. The van der Waals surface area contributed by atoms with Crippen molar-refractivity contribution in [3.05, 3.63) is 102 Å². The normalized spacial score (nSPS) is 14.5. The SMILES string of the molecule is CC(OC(=O)c1ccccc1)C(C)C(OS(=O)(=O)c1ccccc1)c1ccccc1. The van der Waals surface area contributed by atoms with Crippen LogP contribution in [0.15, 0.2) is 95.9 Å². The summed E-state index contributed by atoms with van der Waals surface area (Å²) >= 11 is 0. The Balaban J connectivity index is 1.84. The molecule has 0 aliphatic rings. The number of carbonyl (C=O) groups is 1. The maximum absolute atomic E-state index is 12.9. The quantitative estimate of drug-likeness (QED) is 0.375. The molecule has 0 fully saturated rings. The fourth-order valence-electron chi connectivity index (χ4n) is 3.03. The molecule has 0 N–H and O–H groups in total. The Hall–Kier alpha value is -2.96. The monoisotopic (exact) mass is 424 g/mol. The van der Waals surface area contributed by atoms with Gasteiger partial charge in [0.1, 0.15) is 12.2 Å². The number of hydrogen-bond donors (Lipinski definition) is 0. The fraction of sp³-hybridized carbons (Fsp3) is 0.208. The molecule has 0 aromatic heterocycles. The second-order valence-corrected chi connectivity index (χ2v) is 8.60. The maximum Gasteiger partial charge on any atom is 0.338 e. The summed E-state index contributed by atoms with van der Waals surface area (Å²) in [5.41, 5.74) is 1.12. The van der Waals surface area contributed by atoms with Crippen LogP contribution in [-0.2, 0) is 19.0 Å². The Morgan fingerprint density at radius 2 is 1.27 bits per heavy atom. The van der Waals surface area contributed by atoms with Gasteiger partial charge in [0.15, 0.2) is 0 Å². The largest absolute Gasteiger partial charge is 0.459 e. The summed E-state index contributed by atoms with van der Waals surface area (Å²) in [7, 11) is -4.01. The van der Waals surface area contributed by atoms with Gasteiger partial charge in [0.2, 0.25) is 0 Å². The van der Waals surface area contributed by atoms with E-state index in [1.54, 1.807) is 68.4 Å². The summed E-state index contributed by atoms with van der Waals surface area (Å²) in [5.74, 6) is -0.897. The zero-order chi connectivity index (χ0) is 21.6. The number of hydrogen-bond acceptors (Lipinski definition) is 5. The average Bonchev–Trinajstić information content (AvgIpc) is 2.78. The maximum atomic E-state index is 12.9. The van der Waals surface area contributed by atoms with Crippen LogP contribution in [0.1, 0.15) is 35.9 Å². The Labute approximate surface area is 177 Å². The van der Waals surface area contributed by atoms with Gasteiger partial charge < -0.3 is 4.74 Å². The molecule has 6 heteroatoms. The molecule has 3 aromatic carbocycles. The van der Waals surface area contributed by atoms with Crippen molar-refractivity contribution < 1.29 is 22.1 Å². The fourth-order valence-corrected chi connectivity index (χ4v) is 4.19. The van der Waals surface area contributed by atoms with E-state index in [0.29, 0.717) is 11.1 Å². The molecule has 0 saturated carbocycles. The average molecular weight is 425 g/mol. The van der Waals surface area contributed by atoms with Crippen molar-refractivity contribution in [2.45, 2.75) is 31.0 Å². The highest BCUT2D eigenvalue weighted by Gasteiger charge is 2.32. The van der Waals surface area contributed by atoms with Gasteiger partial charge in [-0.2, -0.15) is 8.42 Å². The molecule has 0 heterocycles. The van der Waals surface area contributed by atoms with Crippen LogP contribution in [0.4, 0.5) is 0 Å². The van der Waals surface area contributed by atoms with E-state index in [1.807, 2.05) is 24.3 Å². The van der Waals surface area contributed by atoms with E-state index >= 15 is 0 Å². The van der Waals surface area contributed by atoms with Crippen LogP contribution < -0.4 is 0 Å². The first-order chi connectivity index (χ1) is 14.4. The molecular formula is C24H24O5S. The third-order valence-corrected chi connectivity index (χ3v) is 6.22. The van der Waals surface area contributed by atoms with Crippen molar-refractivity contribution in [3.63, 3.8) is 0 Å². The minimum Gasteiger partial charge on any atom is -0.459 e. The number of ether oxygens (including phenoxy) is 1. The highest BCUT2D eigenvalue weighted by Crippen LogP contribution is 2.33. The summed E-state index contributed by atoms with van der Waals surface area (Å²) < 4.78 is 37.0. The smallest absolute Gasteiger partial charge is 0.338 e. The van der Waals surface area contributed by atoms with E-state index in [2.05, 4.69) is 0 Å². The molecule has 0 aliphatic heterocycles. The number of carbonyl (C=O) groups excluding carboxylic acids is 1. The Morgan fingerprint density at radius 3 is 1.83 bits per heavy atom. The van der Waals surface area contributed by atoms with Gasteiger partial charge in [0.05, 0.1) is 10.5 Å². The minimum absolute atomic E-state index is 0.0760. The van der Waals surface area contributed by atoms with E-state index in [-0.39, 0.29) is 4.90 Å². The van der Waals surface area contributed by atoms with Gasteiger partial charge in [-0.05, 0) is 36.8 Å². The Bertz CT molecular complexity index is 1050. The van der Waals surface area contributed by atoms with Gasteiger partial charge in [-0.15, -0.1) is 0 Å². The molecule has 0 radical (unpaired) electrons. The second-order valence-electron chi connectivity index (χ2n) is 7.03. The minimum atomic E-state index is -4.01. The first-order valence-corrected chi connectivity index (χ1v) is 11.1. The van der Waals surface area contributed by atoms with E-state index < -0.39 is 34.2 Å². The number of benzene rings is 3. The number of rotatable bonds is 8. The predicted molar refractivity (Wildman–Crippen MR) is 114 cm³/mol. The molecule has 5 nitrogen and oxygen atoms in total. The molecule has 3 atom stereocenters. The molecule has 3 aromatic rings. The van der Waals surface area contributed by atoms with Crippen LogP contribution in [0.5, 0.6) is 0 Å². The molecular weight excluding hydrogens is 400 g/mol. The van der Waals surface area contributed by atoms with Crippen LogP contribution in [0.3, 0.4) is 0 Å². The number of esters is 1. The zero-order valence-electron chi connectivity index (χ0n) is 16.8. The van der Waals surface area contributed by atoms with Crippen LogP contribution >= 0.6 is 0 Å². The highest BCUT2D eigenvalue weighted by molar-refractivity contribution is 7.86. The molecule has 0 saturated heterocycles. The van der Waals surface area contributed by atoms with Crippen molar-refractivity contribution in [3.8, 4) is 0 Å². The topological polar surface area (TPSA) is 69.7 Å². The van der Waals surface area contributed by atoms with E-state index in [4.69, 9.17) is 8.92 Å². The van der Waals surface area contributed by atoms with E-state index in [0.717, 1.165) is 0 Å². The standard InChI is InChI=1S/C24H24O5S/c1-18(19(2)28-24(25)21-14-8-4-9-15-21)23(20-12-6-3-7-13-20)29-30(26,27)22-16-10-5-11-17-22/h3-19,23H,1-2H3. The molecule has 3 rings (SSSR count). The van der Waals surface area contributed by atoms with Gasteiger partial charge in [-0.25, -0.2) is 4.79 Å². The first-order valence-electron chi connectivity index (χ1n) is 9.68. The van der Waals surface area contributed by atoms with Crippen molar-refractivity contribution in [1.82, 2.24) is 0 Å². The summed E-state index contributed by atoms with van der Waals surface area (Å²) in [6.45, 7) is 3.54. The molecule has 0 bridgehead atoms. The summed E-state index contributed by atoms with van der Waals surface area (Å²) in [6, 6.07) is 25.7. The summed E-state index contributed by atoms with van der Waals surface area (Å²) in [6.07, 6.45) is -1.41. The highest BCUT2D eigenvalue weighted by atomic mass is 32.2. The van der Waals surface area contributed by atoms with Gasteiger partial charge >= 0.3 is 5.97 Å². The third kappa shape index (κ3) is 5.34. The van der Waals surface area contributed by atoms with E-state index in [1.165, 1.54) is 12.1 Å². The molecule has 156 valence electrons. The Kier molecular flexibility index (Phi) is 7.03. The van der Waals surface area contributed by atoms with Gasteiger partial charge in [-0.1, -0.05) is 73.7 Å². The van der Waals surface area contributed by atoms with Crippen molar-refractivity contribution in [1.29, 1.82) is 0 Å². The van der Waals surface area contributed by atoms with Crippen molar-refractivity contribution in [2.75, 3.05) is 0 Å². The van der Waals surface area contributed by atoms with Gasteiger partial charge in [-0.3, -0.25) is 4.18 Å². The van der Waals surface area contributed by atoms with Crippen LogP contribution in [0.25, 0.3) is 0 Å². The van der Waals surface area contributed by atoms with E-state index in [9.17, 15) is 13.2 Å². The van der Waals surface area contributed by atoms with Crippen LogP contribution in [0.2, 0.25) is 0 Å². The van der Waals surface area contributed by atoms with Crippen molar-refractivity contribution >= 4 is 16.1 Å². The lowest BCUT2D eigenvalue weighted by atomic mass is 9.93. The van der Waals surface area contributed by atoms with Gasteiger partial charge in [0, 0.05) is 5.92 Å². The lowest BCUT2D eigenvalue weighted by molar-refractivity contribution is 0.000315. The predicted octanol–water partition coefficient (Wildman–Crippen LogP) is 5.01. The lowest BCUT2D eigenvalue weighted by Gasteiger charge is -2.28. The van der Waals surface area contributed by atoms with Crippen LogP contribution in [0, 0.1) is 5.92 Å². The molecule has 30 heavy (non-hydrogen) atoms.